The summed E-state index contributed by atoms with van der Waals surface area (Å²) < 4.78 is 10.1. The topological polar surface area (TPSA) is 54.7 Å². The highest BCUT2D eigenvalue weighted by Gasteiger charge is 2.20. The summed E-state index contributed by atoms with van der Waals surface area (Å²) >= 11 is 0. The molecule has 1 aromatic rings. The maximum Gasteiger partial charge on any atom is 0.373 e. The van der Waals surface area contributed by atoms with Gasteiger partial charge in [-0.3, -0.25) is 4.90 Å². The number of hydrogen-bond donors (Lipinski definition) is 1. The zero-order valence-corrected chi connectivity index (χ0v) is 12.2. The number of ether oxygens (including phenoxy) is 1. The Hall–Kier alpha value is -1.04. The number of hydrogen-bond acceptors (Lipinski definition) is 5. The average molecular weight is 289 g/mol. The highest BCUT2D eigenvalue weighted by molar-refractivity contribution is 5.86. The van der Waals surface area contributed by atoms with Crippen LogP contribution in [0.5, 0.6) is 0 Å². The van der Waals surface area contributed by atoms with Crippen molar-refractivity contribution in [1.29, 1.82) is 0 Å². The molecule has 1 fully saturated rings. The predicted octanol–water partition coefficient (Wildman–Crippen LogP) is 1.67. The fraction of sp³-hybridized carbons (Fsp3) is 0.615. The monoisotopic (exact) mass is 288 g/mol. The van der Waals surface area contributed by atoms with E-state index in [1.807, 2.05) is 13.1 Å². The summed E-state index contributed by atoms with van der Waals surface area (Å²) in [4.78, 5) is 13.6. The van der Waals surface area contributed by atoms with E-state index >= 15 is 0 Å². The average Bonchev–Trinajstić information content (AvgIpc) is 2.86. The van der Waals surface area contributed by atoms with Crippen LogP contribution in [0.1, 0.15) is 29.2 Å². The van der Waals surface area contributed by atoms with Crippen molar-refractivity contribution in [2.24, 2.45) is 0 Å². The molecule has 1 unspecified atom stereocenters. The molecular formula is C13H21ClN2O3. The highest BCUT2D eigenvalue weighted by atomic mass is 35.5. The number of piperidine rings is 1. The molecule has 0 radical (unpaired) electrons. The van der Waals surface area contributed by atoms with Crippen LogP contribution in [0.4, 0.5) is 0 Å². The molecule has 1 saturated heterocycles. The Morgan fingerprint density at radius 1 is 1.58 bits per heavy atom. The highest BCUT2D eigenvalue weighted by Crippen LogP contribution is 2.16. The fourth-order valence-electron chi connectivity index (χ4n) is 2.33. The van der Waals surface area contributed by atoms with Crippen molar-refractivity contribution < 1.29 is 13.9 Å². The minimum atomic E-state index is -0.423. The van der Waals surface area contributed by atoms with E-state index in [1.54, 1.807) is 6.07 Å². The minimum Gasteiger partial charge on any atom is -0.463 e. The smallest absolute Gasteiger partial charge is 0.373 e. The standard InChI is InChI=1S/C13H20N2O3.ClH/c1-14-10-4-3-7-15(8-10)9-11-5-6-12(18-11)13(16)17-2;/h5-6,10,14H,3-4,7-9H2,1-2H3;1H. The molecule has 2 heterocycles. The van der Waals surface area contributed by atoms with E-state index in [0.717, 1.165) is 25.4 Å². The van der Waals surface area contributed by atoms with Crippen LogP contribution < -0.4 is 5.32 Å². The number of furan rings is 1. The Balaban J connectivity index is 0.00000180. The number of methoxy groups -OCH3 is 1. The summed E-state index contributed by atoms with van der Waals surface area (Å²) in [7, 11) is 3.35. The van der Waals surface area contributed by atoms with Gasteiger partial charge in [0.2, 0.25) is 5.76 Å². The number of likely N-dealkylation sites (tertiary alicyclic amines) is 1. The second-order valence-electron chi connectivity index (χ2n) is 4.62. The molecule has 1 aliphatic heterocycles. The normalized spacial score (nSPS) is 19.8. The number of likely N-dealkylation sites (N-methyl/N-ethyl adjacent to an activating group) is 1. The molecule has 0 amide bonds. The molecular weight excluding hydrogens is 268 g/mol. The van der Waals surface area contributed by atoms with Gasteiger partial charge in [0.15, 0.2) is 0 Å². The van der Waals surface area contributed by atoms with E-state index < -0.39 is 5.97 Å². The van der Waals surface area contributed by atoms with Crippen molar-refractivity contribution in [3.05, 3.63) is 23.7 Å². The number of nitrogens with one attached hydrogen (secondary N) is 1. The first-order valence-electron chi connectivity index (χ1n) is 6.29. The SMILES string of the molecule is CNC1CCCN(Cc2ccc(C(=O)OC)o2)C1.Cl. The van der Waals surface area contributed by atoms with Gasteiger partial charge in [-0.25, -0.2) is 4.79 Å². The summed E-state index contributed by atoms with van der Waals surface area (Å²) in [5.74, 6) is 0.662. The third-order valence-electron chi connectivity index (χ3n) is 3.34. The lowest BCUT2D eigenvalue weighted by Gasteiger charge is -2.31. The number of carbonyl (C=O) groups is 1. The van der Waals surface area contributed by atoms with Crippen molar-refractivity contribution in [2.75, 3.05) is 27.2 Å². The number of carbonyl (C=O) groups excluding carboxylic acids is 1. The van der Waals surface area contributed by atoms with Crippen LogP contribution >= 0.6 is 12.4 Å². The Labute approximate surface area is 119 Å². The van der Waals surface area contributed by atoms with Crippen LogP contribution in [-0.4, -0.2) is 44.2 Å². The lowest BCUT2D eigenvalue weighted by molar-refractivity contribution is 0.0560. The van der Waals surface area contributed by atoms with E-state index in [4.69, 9.17) is 4.42 Å². The number of nitrogens with zero attached hydrogens (tertiary/aromatic N) is 1. The molecule has 0 aliphatic carbocycles. The fourth-order valence-corrected chi connectivity index (χ4v) is 2.33. The van der Waals surface area contributed by atoms with Crippen molar-refractivity contribution in [3.8, 4) is 0 Å². The molecule has 19 heavy (non-hydrogen) atoms. The molecule has 1 aliphatic rings. The second kappa shape index (κ2) is 7.53. The van der Waals surface area contributed by atoms with E-state index in [2.05, 4.69) is 15.0 Å². The molecule has 6 heteroatoms. The quantitative estimate of drug-likeness (QED) is 0.854. The first-order chi connectivity index (χ1) is 8.72. The third-order valence-corrected chi connectivity index (χ3v) is 3.34. The summed E-state index contributed by atoms with van der Waals surface area (Å²) in [6, 6.07) is 4.06. The molecule has 5 nitrogen and oxygen atoms in total. The number of halogens is 1. The van der Waals surface area contributed by atoms with E-state index in [-0.39, 0.29) is 18.2 Å². The molecule has 0 bridgehead atoms. The van der Waals surface area contributed by atoms with Crippen molar-refractivity contribution in [3.63, 3.8) is 0 Å². The van der Waals surface area contributed by atoms with Crippen LogP contribution in [0.25, 0.3) is 0 Å². The molecule has 1 aromatic heterocycles. The zero-order chi connectivity index (χ0) is 13.0. The first kappa shape index (κ1) is 16.0. The maximum atomic E-state index is 11.3. The van der Waals surface area contributed by atoms with Crippen LogP contribution in [0.3, 0.4) is 0 Å². The van der Waals surface area contributed by atoms with Crippen LogP contribution in [0.15, 0.2) is 16.5 Å². The predicted molar refractivity (Wildman–Crippen MR) is 74.7 cm³/mol. The molecule has 2 rings (SSSR count). The Morgan fingerprint density at radius 2 is 2.37 bits per heavy atom. The lowest BCUT2D eigenvalue weighted by Crippen LogP contribution is -2.43. The lowest BCUT2D eigenvalue weighted by atomic mass is 10.1. The van der Waals surface area contributed by atoms with Crippen LogP contribution in [0, 0.1) is 0 Å². The Morgan fingerprint density at radius 3 is 3.05 bits per heavy atom. The van der Waals surface area contributed by atoms with Gasteiger partial charge in [0.05, 0.1) is 13.7 Å². The van der Waals surface area contributed by atoms with Crippen LogP contribution in [-0.2, 0) is 11.3 Å². The molecule has 0 saturated carbocycles. The Bertz CT molecular complexity index is 408. The largest absolute Gasteiger partial charge is 0.463 e. The third kappa shape index (κ3) is 4.23. The van der Waals surface area contributed by atoms with Gasteiger partial charge in [-0.1, -0.05) is 0 Å². The molecule has 108 valence electrons. The summed E-state index contributed by atoms with van der Waals surface area (Å²) in [5, 5.41) is 3.31. The van der Waals surface area contributed by atoms with Gasteiger partial charge in [0.25, 0.3) is 0 Å². The van der Waals surface area contributed by atoms with Crippen molar-refractivity contribution >= 4 is 18.4 Å². The van der Waals surface area contributed by atoms with Crippen molar-refractivity contribution in [1.82, 2.24) is 10.2 Å². The van der Waals surface area contributed by atoms with E-state index in [1.165, 1.54) is 20.0 Å². The van der Waals surface area contributed by atoms with Gasteiger partial charge in [0.1, 0.15) is 5.76 Å². The van der Waals surface area contributed by atoms with Crippen LogP contribution in [0.2, 0.25) is 0 Å². The summed E-state index contributed by atoms with van der Waals surface area (Å²) in [5.41, 5.74) is 0. The summed E-state index contributed by atoms with van der Waals surface area (Å²) in [6.07, 6.45) is 2.41. The zero-order valence-electron chi connectivity index (χ0n) is 11.3. The summed E-state index contributed by atoms with van der Waals surface area (Å²) in [6.45, 7) is 2.84. The number of rotatable bonds is 4. The molecule has 1 N–H and O–H groups in total. The van der Waals surface area contributed by atoms with Gasteiger partial charge < -0.3 is 14.5 Å². The second-order valence-corrected chi connectivity index (χ2v) is 4.62. The van der Waals surface area contributed by atoms with Gasteiger partial charge in [-0.15, -0.1) is 12.4 Å². The van der Waals surface area contributed by atoms with Gasteiger partial charge >= 0.3 is 5.97 Å². The van der Waals surface area contributed by atoms with E-state index in [9.17, 15) is 4.79 Å². The molecule has 1 atom stereocenters. The minimum absolute atomic E-state index is 0. The van der Waals surface area contributed by atoms with Gasteiger partial charge in [0, 0.05) is 12.6 Å². The molecule has 0 spiro atoms. The number of esters is 1. The van der Waals surface area contributed by atoms with E-state index in [0.29, 0.717) is 6.04 Å². The van der Waals surface area contributed by atoms with Gasteiger partial charge in [-0.05, 0) is 38.6 Å². The molecule has 0 aromatic carbocycles. The maximum absolute atomic E-state index is 11.3. The van der Waals surface area contributed by atoms with Gasteiger partial charge in [-0.2, -0.15) is 0 Å². The first-order valence-corrected chi connectivity index (χ1v) is 6.29. The Kier molecular flexibility index (Phi) is 6.34. The van der Waals surface area contributed by atoms with Crippen molar-refractivity contribution in [2.45, 2.75) is 25.4 Å².